The number of nitrogens with zero attached hydrogens (tertiary/aromatic N) is 6. The lowest BCUT2D eigenvalue weighted by molar-refractivity contribution is -0.636. The zero-order chi connectivity index (χ0) is 26.2. The van der Waals surface area contributed by atoms with E-state index in [1.807, 2.05) is 42.5 Å². The third-order valence-corrected chi connectivity index (χ3v) is 7.91. The fraction of sp³-hybridized carbons (Fsp3) is 0.0625. The van der Waals surface area contributed by atoms with Gasteiger partial charge in [0.25, 0.3) is 0 Å². The highest BCUT2D eigenvalue weighted by molar-refractivity contribution is 6.23. The number of amidine groups is 4. The van der Waals surface area contributed by atoms with E-state index < -0.39 is 0 Å². The molecule has 8 heteroatoms. The third kappa shape index (κ3) is 3.11. The number of nitrogens with one attached hydrogen (secondary N) is 1. The van der Waals surface area contributed by atoms with E-state index in [0.29, 0.717) is 34.3 Å². The summed E-state index contributed by atoms with van der Waals surface area (Å²) >= 11 is 0. The van der Waals surface area contributed by atoms with Gasteiger partial charge in [-0.05, 0) is 0 Å². The van der Waals surface area contributed by atoms with Crippen LogP contribution < -0.4 is 16.3 Å². The van der Waals surface area contributed by atoms with Crippen molar-refractivity contribution in [3.8, 4) is 0 Å². The van der Waals surface area contributed by atoms with Gasteiger partial charge in [0.1, 0.15) is 11.0 Å². The van der Waals surface area contributed by atoms with Crippen LogP contribution in [0.3, 0.4) is 0 Å². The van der Waals surface area contributed by atoms with Crippen LogP contribution in [0.5, 0.6) is 0 Å². The molecule has 5 aliphatic rings. The smallest absolute Gasteiger partial charge is 0.232 e. The van der Waals surface area contributed by atoms with Crippen molar-refractivity contribution in [2.75, 3.05) is 0 Å². The molecule has 0 saturated carbocycles. The van der Waals surface area contributed by atoms with Crippen LogP contribution in [-0.2, 0) is 0 Å². The second kappa shape index (κ2) is 8.08. The first-order valence-electron chi connectivity index (χ1n) is 13.3. The molecule has 0 spiro atoms. The van der Waals surface area contributed by atoms with E-state index in [1.54, 1.807) is 0 Å². The van der Waals surface area contributed by atoms with Crippen LogP contribution in [0.25, 0.3) is 10.8 Å². The van der Waals surface area contributed by atoms with Gasteiger partial charge in [-0.3, -0.25) is 5.32 Å². The van der Waals surface area contributed by atoms with E-state index in [4.69, 9.17) is 30.0 Å². The summed E-state index contributed by atoms with van der Waals surface area (Å²) in [5.41, 5.74) is 6.40. The van der Waals surface area contributed by atoms with Crippen molar-refractivity contribution in [1.82, 2.24) is 4.98 Å². The van der Waals surface area contributed by atoms with E-state index in [9.17, 15) is 0 Å². The number of allylic oxidation sites excluding steroid dienone is 3. The molecule has 4 aliphatic heterocycles. The highest BCUT2D eigenvalue weighted by atomic mass is 15.2. The molecule has 40 heavy (non-hydrogen) atoms. The number of quaternary nitrogens is 1. The molecule has 0 radical (unpaired) electrons. The van der Waals surface area contributed by atoms with Crippen molar-refractivity contribution < 1.29 is 5.32 Å². The normalized spacial score (nSPS) is 21.6. The summed E-state index contributed by atoms with van der Waals surface area (Å²) in [4.78, 5) is 33.8. The minimum absolute atomic E-state index is 0.0788. The third-order valence-electron chi connectivity index (χ3n) is 7.91. The summed E-state index contributed by atoms with van der Waals surface area (Å²) < 4.78 is 0. The first-order valence-corrected chi connectivity index (χ1v) is 13.3. The largest absolute Gasteiger partial charge is 0.324 e. The Morgan fingerprint density at radius 3 is 1.77 bits per heavy atom. The highest BCUT2D eigenvalue weighted by Crippen LogP contribution is 2.31. The molecule has 4 aromatic rings. The summed E-state index contributed by atoms with van der Waals surface area (Å²) in [6.07, 6.45) is 8.31. The molecule has 3 aromatic carbocycles. The standard InChI is InChI=1S/C32H20N8/c1-2-10-18-17(9-1)25-33-26(18)38-28-21-13-5-6-14-22(21)30(35-28)40-32-24-16-8-7-15-23(24)31(36-32)39-29-20-12-4-3-11-19(20)27(34-29)37-25/h1-17,25,33H,(H,34,35,36,37,38,39,40)/p+1. The quantitative estimate of drug-likeness (QED) is 0.358. The first kappa shape index (κ1) is 21.6. The van der Waals surface area contributed by atoms with Crippen LogP contribution in [0.15, 0.2) is 138 Å². The Labute approximate surface area is 228 Å². The fourth-order valence-electron chi connectivity index (χ4n) is 6.02. The van der Waals surface area contributed by atoms with Crippen LogP contribution in [0.1, 0.15) is 22.3 Å². The monoisotopic (exact) mass is 517 g/mol. The average molecular weight is 518 g/mol. The summed E-state index contributed by atoms with van der Waals surface area (Å²) in [7, 11) is 0. The van der Waals surface area contributed by atoms with Gasteiger partial charge in [0.2, 0.25) is 5.82 Å². The van der Waals surface area contributed by atoms with Crippen molar-refractivity contribution in [2.24, 2.45) is 35.9 Å². The lowest BCUT2D eigenvalue weighted by Crippen LogP contribution is -2.86. The number of H-pyrrole nitrogens is 1. The number of benzene rings is 3. The second-order valence-electron chi connectivity index (χ2n) is 10.2. The fourth-order valence-corrected chi connectivity index (χ4v) is 6.02. The number of aliphatic imine (C=N–C) groups is 4. The number of nitrogens with two attached hydrogens (primary N) is 1. The van der Waals surface area contributed by atoms with Gasteiger partial charge >= 0.3 is 0 Å². The Morgan fingerprint density at radius 2 is 1.12 bits per heavy atom. The van der Waals surface area contributed by atoms with Gasteiger partial charge in [0.05, 0.1) is 5.92 Å². The number of rotatable bonds is 0. The Hall–Kier alpha value is -5.34. The zero-order valence-corrected chi connectivity index (χ0v) is 21.2. The molecule has 2 unspecified atom stereocenters. The van der Waals surface area contributed by atoms with E-state index >= 15 is 0 Å². The molecule has 0 fully saturated rings. The number of aromatic amines is 1. The SMILES string of the molecule is C1=CC2=C3N=C4N=C(N=c5[nH]c(c6ccccc56)=NC5=NC(=NC([NH2+]3)C2C=C1)c1ccccc15)c1ccccc14. The van der Waals surface area contributed by atoms with Gasteiger partial charge in [-0.2, -0.15) is 4.99 Å². The molecule has 9 rings (SSSR count). The zero-order valence-electron chi connectivity index (χ0n) is 21.2. The second-order valence-corrected chi connectivity index (χ2v) is 10.2. The molecule has 8 bridgehead atoms. The highest BCUT2D eigenvalue weighted by Gasteiger charge is 2.39. The Morgan fingerprint density at radius 1 is 0.575 bits per heavy atom. The lowest BCUT2D eigenvalue weighted by Gasteiger charge is -2.12. The number of aromatic nitrogens is 1. The molecule has 3 N–H and O–H groups in total. The van der Waals surface area contributed by atoms with Gasteiger partial charge in [0.15, 0.2) is 29.5 Å². The van der Waals surface area contributed by atoms with E-state index in [-0.39, 0.29) is 12.1 Å². The van der Waals surface area contributed by atoms with Gasteiger partial charge in [-0.1, -0.05) is 97.1 Å². The first-order chi connectivity index (χ1) is 19.8. The summed E-state index contributed by atoms with van der Waals surface area (Å²) in [5.74, 6) is 3.56. The molecule has 5 heterocycles. The average Bonchev–Trinajstić information content (AvgIpc) is 3.73. The maximum Gasteiger partial charge on any atom is 0.232 e. The van der Waals surface area contributed by atoms with Crippen molar-refractivity contribution in [3.05, 3.63) is 142 Å². The van der Waals surface area contributed by atoms with Crippen molar-refractivity contribution in [3.63, 3.8) is 0 Å². The molecule has 1 aliphatic carbocycles. The minimum Gasteiger partial charge on any atom is -0.324 e. The maximum atomic E-state index is 5.19. The van der Waals surface area contributed by atoms with Crippen molar-refractivity contribution >= 4 is 34.1 Å². The number of hydrogen-bond donors (Lipinski definition) is 2. The summed E-state index contributed by atoms with van der Waals surface area (Å²) in [6, 6.07) is 24.4. The van der Waals surface area contributed by atoms with Crippen molar-refractivity contribution in [1.29, 1.82) is 0 Å². The molecular formula is C32H21N8+. The van der Waals surface area contributed by atoms with Crippen LogP contribution in [-0.4, -0.2) is 34.5 Å². The van der Waals surface area contributed by atoms with E-state index in [1.165, 1.54) is 0 Å². The van der Waals surface area contributed by atoms with Gasteiger partial charge in [0, 0.05) is 38.6 Å². The van der Waals surface area contributed by atoms with Gasteiger partial charge in [-0.15, -0.1) is 0 Å². The summed E-state index contributed by atoms with van der Waals surface area (Å²) in [6.45, 7) is 0. The number of fused-ring (bicyclic) bond motifs is 17. The molecule has 0 saturated heterocycles. The van der Waals surface area contributed by atoms with E-state index in [0.717, 1.165) is 44.4 Å². The van der Waals surface area contributed by atoms with Crippen LogP contribution in [0.2, 0.25) is 0 Å². The molecule has 0 amide bonds. The number of hydrogen-bond acceptors (Lipinski definition) is 6. The molecule has 188 valence electrons. The molecule has 8 nitrogen and oxygen atoms in total. The lowest BCUT2D eigenvalue weighted by atomic mass is 9.95. The van der Waals surface area contributed by atoms with Crippen LogP contribution >= 0.6 is 0 Å². The predicted octanol–water partition coefficient (Wildman–Crippen LogP) is 2.69. The minimum atomic E-state index is -0.141. The molecule has 2 atom stereocenters. The van der Waals surface area contributed by atoms with Crippen LogP contribution in [0.4, 0.5) is 0 Å². The molecular weight excluding hydrogens is 496 g/mol. The Balaban J connectivity index is 1.38. The molecule has 1 aromatic heterocycles. The maximum absolute atomic E-state index is 5.19. The topological polar surface area (TPSA) is 107 Å². The van der Waals surface area contributed by atoms with Crippen molar-refractivity contribution in [2.45, 2.75) is 6.17 Å². The Bertz CT molecular complexity index is 2150. The van der Waals surface area contributed by atoms with E-state index in [2.05, 4.69) is 64.9 Å². The van der Waals surface area contributed by atoms with Gasteiger partial charge < -0.3 is 4.98 Å². The van der Waals surface area contributed by atoms with Gasteiger partial charge in [-0.25, -0.2) is 25.0 Å². The van der Waals surface area contributed by atoms with Crippen LogP contribution in [0, 0.1) is 5.92 Å². The summed E-state index contributed by atoms with van der Waals surface area (Å²) in [5, 5.41) is 4.08. The predicted molar refractivity (Wildman–Crippen MR) is 154 cm³/mol. The Kier molecular flexibility index (Phi) is 4.36.